The molecule has 1 saturated carbocycles. The highest BCUT2D eigenvalue weighted by atomic mass is 32.1. The molecular formula is C10H15N3OS. The highest BCUT2D eigenvalue weighted by molar-refractivity contribution is 7.15. The van der Waals surface area contributed by atoms with Crippen molar-refractivity contribution in [1.82, 2.24) is 4.98 Å². The first-order valence-corrected chi connectivity index (χ1v) is 6.01. The highest BCUT2D eigenvalue weighted by Gasteiger charge is 2.46. The predicted molar refractivity (Wildman–Crippen MR) is 60.9 cm³/mol. The number of aromatic nitrogens is 1. The van der Waals surface area contributed by atoms with E-state index in [1.807, 2.05) is 6.20 Å². The summed E-state index contributed by atoms with van der Waals surface area (Å²) in [5, 5.41) is 3.43. The molecule has 82 valence electrons. The molecule has 0 atom stereocenters. The minimum Gasteiger partial charge on any atom is -0.317 e. The number of nitrogens with two attached hydrogens (primary N) is 1. The quantitative estimate of drug-likeness (QED) is 0.816. The molecule has 0 spiro atoms. The second-order valence-corrected chi connectivity index (χ2v) is 5.11. The molecule has 1 heterocycles. The molecule has 3 N–H and O–H groups in total. The summed E-state index contributed by atoms with van der Waals surface area (Å²) in [6.45, 7) is 2.12. The van der Waals surface area contributed by atoms with E-state index in [1.54, 1.807) is 0 Å². The van der Waals surface area contributed by atoms with Gasteiger partial charge in [-0.25, -0.2) is 4.98 Å². The lowest BCUT2D eigenvalue weighted by Crippen LogP contribution is -2.37. The van der Waals surface area contributed by atoms with Gasteiger partial charge in [0.2, 0.25) is 5.91 Å². The van der Waals surface area contributed by atoms with Crippen molar-refractivity contribution in [2.75, 3.05) is 5.32 Å². The maximum atomic E-state index is 11.6. The maximum absolute atomic E-state index is 11.6. The Bertz CT molecular complexity index is 370. The molecule has 0 aromatic carbocycles. The van der Waals surface area contributed by atoms with E-state index in [1.165, 1.54) is 16.2 Å². The number of anilines is 1. The van der Waals surface area contributed by atoms with Crippen LogP contribution in [0.25, 0.3) is 0 Å². The molecule has 1 amide bonds. The monoisotopic (exact) mass is 225 g/mol. The van der Waals surface area contributed by atoms with Gasteiger partial charge in [-0.3, -0.25) is 4.79 Å². The molecule has 4 nitrogen and oxygen atoms in total. The average Bonchev–Trinajstić information content (AvgIpc) is 2.79. The van der Waals surface area contributed by atoms with Crippen molar-refractivity contribution in [1.29, 1.82) is 0 Å². The third-order valence-electron chi connectivity index (χ3n) is 2.51. The van der Waals surface area contributed by atoms with Gasteiger partial charge in [0.15, 0.2) is 5.13 Å². The van der Waals surface area contributed by atoms with Crippen LogP contribution in [0.4, 0.5) is 5.13 Å². The predicted octanol–water partition coefficient (Wildman–Crippen LogP) is 1.53. The molecule has 1 aromatic rings. The van der Waals surface area contributed by atoms with Gasteiger partial charge < -0.3 is 11.1 Å². The van der Waals surface area contributed by atoms with Crippen LogP contribution in [-0.2, 0) is 11.2 Å². The molecule has 0 bridgehead atoms. The fourth-order valence-electron chi connectivity index (χ4n) is 1.31. The van der Waals surface area contributed by atoms with Crippen molar-refractivity contribution < 1.29 is 4.79 Å². The molecule has 1 fully saturated rings. The number of amides is 1. The molecular weight excluding hydrogens is 210 g/mol. The molecule has 1 aromatic heterocycles. The number of nitrogens with zero attached hydrogens (tertiary/aromatic N) is 1. The van der Waals surface area contributed by atoms with Crippen LogP contribution in [0.3, 0.4) is 0 Å². The standard InChI is InChI=1S/C10H15N3OS/c1-2-3-7-6-12-9(15-7)13-8(14)10(11)4-5-10/h6H,2-5,11H2,1H3,(H,12,13,14). The van der Waals surface area contributed by atoms with Crippen LogP contribution >= 0.6 is 11.3 Å². The number of hydrogen-bond donors (Lipinski definition) is 2. The smallest absolute Gasteiger partial charge is 0.246 e. The highest BCUT2D eigenvalue weighted by Crippen LogP contribution is 2.33. The van der Waals surface area contributed by atoms with E-state index in [9.17, 15) is 4.79 Å². The Morgan fingerprint density at radius 2 is 2.47 bits per heavy atom. The fraction of sp³-hybridized carbons (Fsp3) is 0.600. The second kappa shape index (κ2) is 3.90. The molecule has 0 unspecified atom stereocenters. The number of carbonyl (C=O) groups excluding carboxylic acids is 1. The summed E-state index contributed by atoms with van der Waals surface area (Å²) in [6, 6.07) is 0. The Labute approximate surface area is 92.9 Å². The average molecular weight is 225 g/mol. The van der Waals surface area contributed by atoms with E-state index < -0.39 is 5.54 Å². The first kappa shape index (κ1) is 10.6. The van der Waals surface area contributed by atoms with Crippen LogP contribution in [0.2, 0.25) is 0 Å². The summed E-state index contributed by atoms with van der Waals surface area (Å²) in [4.78, 5) is 16.9. The number of rotatable bonds is 4. The third-order valence-corrected chi connectivity index (χ3v) is 3.48. The number of nitrogens with one attached hydrogen (secondary N) is 1. The van der Waals surface area contributed by atoms with Gasteiger partial charge in [-0.2, -0.15) is 0 Å². The van der Waals surface area contributed by atoms with Crippen LogP contribution in [-0.4, -0.2) is 16.4 Å². The molecule has 5 heteroatoms. The number of thiazole rings is 1. The molecule has 0 saturated heterocycles. The van der Waals surface area contributed by atoms with Crippen LogP contribution in [0.1, 0.15) is 31.1 Å². The van der Waals surface area contributed by atoms with Gasteiger partial charge in [-0.1, -0.05) is 13.3 Å². The second-order valence-electron chi connectivity index (χ2n) is 3.99. The van der Waals surface area contributed by atoms with E-state index in [0.717, 1.165) is 25.7 Å². The summed E-state index contributed by atoms with van der Waals surface area (Å²) >= 11 is 1.53. The lowest BCUT2D eigenvalue weighted by molar-refractivity contribution is -0.118. The molecule has 0 aliphatic heterocycles. The van der Waals surface area contributed by atoms with Crippen molar-refractivity contribution in [3.8, 4) is 0 Å². The van der Waals surface area contributed by atoms with Gasteiger partial charge >= 0.3 is 0 Å². The minimum absolute atomic E-state index is 0.0973. The zero-order valence-electron chi connectivity index (χ0n) is 8.75. The first-order valence-electron chi connectivity index (χ1n) is 5.19. The zero-order valence-corrected chi connectivity index (χ0v) is 9.56. The minimum atomic E-state index is -0.614. The SMILES string of the molecule is CCCc1cnc(NC(=O)C2(N)CC2)s1. The van der Waals surface area contributed by atoms with Crippen molar-refractivity contribution >= 4 is 22.4 Å². The summed E-state index contributed by atoms with van der Waals surface area (Å²) in [5.41, 5.74) is 5.15. The number of aryl methyl sites for hydroxylation is 1. The van der Waals surface area contributed by atoms with E-state index >= 15 is 0 Å². The molecule has 1 aliphatic carbocycles. The first-order chi connectivity index (χ1) is 7.14. The van der Waals surface area contributed by atoms with Crippen LogP contribution in [0.15, 0.2) is 6.20 Å². The van der Waals surface area contributed by atoms with Gasteiger partial charge in [-0.05, 0) is 19.3 Å². The van der Waals surface area contributed by atoms with Crippen LogP contribution < -0.4 is 11.1 Å². The van der Waals surface area contributed by atoms with Crippen LogP contribution in [0.5, 0.6) is 0 Å². The van der Waals surface area contributed by atoms with E-state index in [0.29, 0.717) is 5.13 Å². The topological polar surface area (TPSA) is 68.0 Å². The van der Waals surface area contributed by atoms with Gasteiger partial charge in [0.1, 0.15) is 0 Å². The lowest BCUT2D eigenvalue weighted by Gasteiger charge is -2.06. The number of carbonyl (C=O) groups is 1. The molecule has 2 rings (SSSR count). The van der Waals surface area contributed by atoms with Crippen LogP contribution in [0, 0.1) is 0 Å². The summed E-state index contributed by atoms with van der Waals surface area (Å²) < 4.78 is 0. The largest absolute Gasteiger partial charge is 0.317 e. The van der Waals surface area contributed by atoms with Crippen molar-refractivity contribution in [3.63, 3.8) is 0 Å². The van der Waals surface area contributed by atoms with E-state index in [4.69, 9.17) is 5.73 Å². The summed E-state index contributed by atoms with van der Waals surface area (Å²) in [6.07, 6.45) is 5.50. The van der Waals surface area contributed by atoms with Gasteiger partial charge in [-0.15, -0.1) is 11.3 Å². The summed E-state index contributed by atoms with van der Waals surface area (Å²) in [7, 11) is 0. The van der Waals surface area contributed by atoms with Crippen molar-refractivity contribution in [2.45, 2.75) is 38.1 Å². The van der Waals surface area contributed by atoms with Gasteiger partial charge in [0, 0.05) is 11.1 Å². The van der Waals surface area contributed by atoms with Gasteiger partial charge in [0.25, 0.3) is 0 Å². The van der Waals surface area contributed by atoms with E-state index in [2.05, 4.69) is 17.2 Å². The Morgan fingerprint density at radius 3 is 3.07 bits per heavy atom. The Hall–Kier alpha value is -0.940. The number of hydrogen-bond acceptors (Lipinski definition) is 4. The van der Waals surface area contributed by atoms with Gasteiger partial charge in [0.05, 0.1) is 5.54 Å². The van der Waals surface area contributed by atoms with E-state index in [-0.39, 0.29) is 5.91 Å². The fourth-order valence-corrected chi connectivity index (χ4v) is 2.22. The maximum Gasteiger partial charge on any atom is 0.246 e. The zero-order chi connectivity index (χ0) is 10.9. The lowest BCUT2D eigenvalue weighted by atomic mass is 10.3. The molecule has 0 radical (unpaired) electrons. The third kappa shape index (κ3) is 2.35. The summed E-state index contributed by atoms with van der Waals surface area (Å²) in [5.74, 6) is -0.0973. The Kier molecular flexibility index (Phi) is 2.75. The Morgan fingerprint density at radius 1 is 1.73 bits per heavy atom. The molecule has 15 heavy (non-hydrogen) atoms. The van der Waals surface area contributed by atoms with Crippen molar-refractivity contribution in [3.05, 3.63) is 11.1 Å². The van der Waals surface area contributed by atoms with Crippen molar-refractivity contribution in [2.24, 2.45) is 5.73 Å². The normalized spacial score (nSPS) is 17.5. The molecule has 1 aliphatic rings. The Balaban J connectivity index is 1.95.